The van der Waals surface area contributed by atoms with Crippen molar-refractivity contribution in [3.05, 3.63) is 12.2 Å². The normalized spacial score (nSPS) is 12.8. The summed E-state index contributed by atoms with van der Waals surface area (Å²) < 4.78 is 0. The number of carbonyl (C=O) groups is 1. The zero-order valence-corrected chi connectivity index (χ0v) is 42.7. The van der Waals surface area contributed by atoms with Gasteiger partial charge in [-0.15, -0.1) is 0 Å². The van der Waals surface area contributed by atoms with Crippen LogP contribution in [0.4, 0.5) is 0 Å². The number of unbranched alkanes of at least 4 members (excludes halogenated alkanes) is 47. The van der Waals surface area contributed by atoms with Gasteiger partial charge in [0.15, 0.2) is 0 Å². The van der Waals surface area contributed by atoms with E-state index in [4.69, 9.17) is 0 Å². The molecule has 0 bridgehead atoms. The van der Waals surface area contributed by atoms with E-state index in [0.717, 1.165) is 25.7 Å². The Labute approximate surface area is 390 Å². The first-order valence-electron chi connectivity index (χ1n) is 28.9. The van der Waals surface area contributed by atoms with Gasteiger partial charge in [-0.25, -0.2) is 0 Å². The number of aliphatic hydroxyl groups excluding tert-OH is 2. The lowest BCUT2D eigenvalue weighted by atomic mass is 10.0. The molecule has 0 aromatic carbocycles. The van der Waals surface area contributed by atoms with Crippen molar-refractivity contribution in [2.45, 2.75) is 347 Å². The van der Waals surface area contributed by atoms with E-state index >= 15 is 0 Å². The van der Waals surface area contributed by atoms with Gasteiger partial charge in [-0.3, -0.25) is 4.79 Å². The number of amides is 1. The molecule has 0 spiro atoms. The minimum atomic E-state index is -0.834. The van der Waals surface area contributed by atoms with E-state index in [1.165, 1.54) is 289 Å². The fourth-order valence-electron chi connectivity index (χ4n) is 9.36. The molecule has 2 atom stereocenters. The summed E-state index contributed by atoms with van der Waals surface area (Å²) in [6, 6.07) is -0.617. The van der Waals surface area contributed by atoms with Gasteiger partial charge in [0, 0.05) is 6.42 Å². The summed E-state index contributed by atoms with van der Waals surface area (Å²) >= 11 is 0. The first-order chi connectivity index (χ1) is 30.7. The molecular weight excluding hydrogens is 759 g/mol. The predicted octanol–water partition coefficient (Wildman–Crippen LogP) is 18.9. The summed E-state index contributed by atoms with van der Waals surface area (Å²) in [4.78, 5) is 12.5. The summed E-state index contributed by atoms with van der Waals surface area (Å²) in [5.41, 5.74) is 0. The molecule has 0 radical (unpaired) electrons. The van der Waals surface area contributed by atoms with Crippen LogP contribution in [0.1, 0.15) is 335 Å². The van der Waals surface area contributed by atoms with Crippen molar-refractivity contribution in [1.29, 1.82) is 0 Å². The largest absolute Gasteiger partial charge is 0.394 e. The Morgan fingerprint density at radius 2 is 0.597 bits per heavy atom. The molecule has 0 saturated carbocycles. The van der Waals surface area contributed by atoms with E-state index in [-0.39, 0.29) is 12.5 Å². The Hall–Kier alpha value is -0.870. The molecule has 0 aromatic rings. The van der Waals surface area contributed by atoms with Crippen molar-refractivity contribution >= 4 is 5.91 Å². The number of hydrogen-bond acceptors (Lipinski definition) is 3. The second-order valence-electron chi connectivity index (χ2n) is 20.1. The van der Waals surface area contributed by atoms with Gasteiger partial charge in [0.2, 0.25) is 5.91 Å². The average Bonchev–Trinajstić information content (AvgIpc) is 3.28. The lowest BCUT2D eigenvalue weighted by Gasteiger charge is -2.20. The highest BCUT2D eigenvalue weighted by Crippen LogP contribution is 2.18. The summed E-state index contributed by atoms with van der Waals surface area (Å²) in [7, 11) is 0. The lowest BCUT2D eigenvalue weighted by Crippen LogP contribution is -2.45. The van der Waals surface area contributed by atoms with E-state index in [1.54, 1.807) is 6.08 Å². The smallest absolute Gasteiger partial charge is 0.220 e. The van der Waals surface area contributed by atoms with Crippen LogP contribution in [0.25, 0.3) is 0 Å². The third-order valence-electron chi connectivity index (χ3n) is 13.8. The summed E-state index contributed by atoms with van der Waals surface area (Å²) in [6.07, 6.45) is 71.1. The number of hydrogen-bond donors (Lipinski definition) is 3. The minimum absolute atomic E-state index is 0.0565. The van der Waals surface area contributed by atoms with Crippen molar-refractivity contribution < 1.29 is 15.0 Å². The van der Waals surface area contributed by atoms with E-state index in [9.17, 15) is 15.0 Å². The quantitative estimate of drug-likeness (QED) is 0.0421. The molecule has 62 heavy (non-hydrogen) atoms. The third kappa shape index (κ3) is 50.1. The van der Waals surface area contributed by atoms with Crippen molar-refractivity contribution in [3.8, 4) is 0 Å². The van der Waals surface area contributed by atoms with Crippen LogP contribution in [0.15, 0.2) is 12.2 Å². The lowest BCUT2D eigenvalue weighted by molar-refractivity contribution is -0.123. The van der Waals surface area contributed by atoms with E-state index in [0.29, 0.717) is 6.42 Å². The topological polar surface area (TPSA) is 69.6 Å². The van der Waals surface area contributed by atoms with Crippen LogP contribution in [-0.4, -0.2) is 34.9 Å². The monoisotopic (exact) mass is 874 g/mol. The first-order valence-corrected chi connectivity index (χ1v) is 28.9. The summed E-state index contributed by atoms with van der Waals surface area (Å²) in [5.74, 6) is -0.0565. The molecule has 0 rings (SSSR count). The van der Waals surface area contributed by atoms with Gasteiger partial charge in [0.05, 0.1) is 18.8 Å². The molecule has 0 aliphatic rings. The highest BCUT2D eigenvalue weighted by molar-refractivity contribution is 5.76. The van der Waals surface area contributed by atoms with Crippen LogP contribution in [0.5, 0.6) is 0 Å². The van der Waals surface area contributed by atoms with Crippen LogP contribution in [-0.2, 0) is 4.79 Å². The zero-order chi connectivity index (χ0) is 44.9. The Bertz CT molecular complexity index is 860. The number of rotatable bonds is 54. The van der Waals surface area contributed by atoms with Crippen LogP contribution in [0.3, 0.4) is 0 Å². The maximum absolute atomic E-state index is 12.5. The van der Waals surface area contributed by atoms with Crippen LogP contribution >= 0.6 is 0 Å². The fourth-order valence-corrected chi connectivity index (χ4v) is 9.36. The number of carbonyl (C=O) groups excluding carboxylic acids is 1. The van der Waals surface area contributed by atoms with E-state index < -0.39 is 12.1 Å². The van der Waals surface area contributed by atoms with Gasteiger partial charge in [-0.05, 0) is 19.3 Å². The van der Waals surface area contributed by atoms with Gasteiger partial charge in [-0.1, -0.05) is 321 Å². The maximum Gasteiger partial charge on any atom is 0.220 e. The summed E-state index contributed by atoms with van der Waals surface area (Å²) in [6.45, 7) is 4.34. The van der Waals surface area contributed by atoms with Crippen molar-refractivity contribution in [2.24, 2.45) is 0 Å². The summed E-state index contributed by atoms with van der Waals surface area (Å²) in [5, 5.41) is 23.1. The molecule has 4 nitrogen and oxygen atoms in total. The Kier molecular flexibility index (Phi) is 53.7. The standard InChI is InChI=1S/C58H115NO3/c1-3-5-7-9-11-13-15-17-19-20-21-22-23-24-25-26-27-28-29-30-31-32-33-34-35-36-37-38-40-42-44-46-48-50-52-54-58(62)59-56(55-60)57(61)53-51-49-47-45-43-41-39-18-16-14-12-10-8-6-4-2/h51,53,56-57,60-61H,3-50,52,54-55H2,1-2H3,(H,59,62)/b53-51+. The second-order valence-corrected chi connectivity index (χ2v) is 20.1. The molecule has 1 amide bonds. The van der Waals surface area contributed by atoms with Gasteiger partial charge in [-0.2, -0.15) is 0 Å². The van der Waals surface area contributed by atoms with Crippen LogP contribution in [0.2, 0.25) is 0 Å². The van der Waals surface area contributed by atoms with Crippen LogP contribution < -0.4 is 5.32 Å². The highest BCUT2D eigenvalue weighted by Gasteiger charge is 2.18. The number of allylic oxidation sites excluding steroid dienone is 1. The van der Waals surface area contributed by atoms with Crippen molar-refractivity contribution in [1.82, 2.24) is 5.32 Å². The van der Waals surface area contributed by atoms with Crippen molar-refractivity contribution in [2.75, 3.05) is 6.61 Å². The molecule has 3 N–H and O–H groups in total. The first kappa shape index (κ1) is 61.1. The predicted molar refractivity (Wildman–Crippen MR) is 276 cm³/mol. The average molecular weight is 875 g/mol. The number of aliphatic hydroxyl groups is 2. The molecule has 0 heterocycles. The Morgan fingerprint density at radius 1 is 0.371 bits per heavy atom. The Morgan fingerprint density at radius 3 is 0.839 bits per heavy atom. The Balaban J connectivity index is 3.37. The second kappa shape index (κ2) is 54.5. The van der Waals surface area contributed by atoms with Crippen LogP contribution in [0, 0.1) is 0 Å². The molecule has 370 valence electrons. The maximum atomic E-state index is 12.5. The third-order valence-corrected chi connectivity index (χ3v) is 13.8. The number of nitrogens with one attached hydrogen (secondary N) is 1. The highest BCUT2D eigenvalue weighted by atomic mass is 16.3. The minimum Gasteiger partial charge on any atom is -0.394 e. The van der Waals surface area contributed by atoms with Gasteiger partial charge in [0.1, 0.15) is 0 Å². The molecule has 0 aliphatic carbocycles. The van der Waals surface area contributed by atoms with Gasteiger partial charge >= 0.3 is 0 Å². The molecule has 0 saturated heterocycles. The molecule has 0 fully saturated rings. The molecule has 4 heteroatoms. The fraction of sp³-hybridized carbons (Fsp3) is 0.948. The van der Waals surface area contributed by atoms with Gasteiger partial charge in [0.25, 0.3) is 0 Å². The molecule has 2 unspecified atom stereocenters. The van der Waals surface area contributed by atoms with E-state index in [1.807, 2.05) is 6.08 Å². The van der Waals surface area contributed by atoms with E-state index in [2.05, 4.69) is 19.2 Å². The molecule has 0 aliphatic heterocycles. The van der Waals surface area contributed by atoms with Gasteiger partial charge < -0.3 is 15.5 Å². The molecular formula is C58H115NO3. The molecule has 0 aromatic heterocycles. The zero-order valence-electron chi connectivity index (χ0n) is 42.7. The van der Waals surface area contributed by atoms with Crippen molar-refractivity contribution in [3.63, 3.8) is 0 Å². The SMILES string of the molecule is CCCCCCCCCCCCCCC/C=C/C(O)C(CO)NC(=O)CCCCCCCCCCCCCCCCCCCCCCCCCCCCCCCCCCCCC.